The minimum absolute atomic E-state index is 0.130. The summed E-state index contributed by atoms with van der Waals surface area (Å²) in [5.74, 6) is 0. The zero-order chi connectivity index (χ0) is 15.6. The van der Waals surface area contributed by atoms with Crippen LogP contribution in [0.4, 0.5) is 31.1 Å². The van der Waals surface area contributed by atoms with Crippen molar-refractivity contribution in [2.45, 2.75) is 63.0 Å². The molecule has 1 aliphatic rings. The predicted octanol–water partition coefficient (Wildman–Crippen LogP) is 3.93. The van der Waals surface area contributed by atoms with Crippen LogP contribution in [0.25, 0.3) is 0 Å². The Labute approximate surface area is 111 Å². The normalized spacial score (nSPS) is 18.8. The van der Waals surface area contributed by atoms with Gasteiger partial charge in [0.15, 0.2) is 0 Å². The maximum atomic E-state index is 12.5. The first kappa shape index (κ1) is 16.9. The Morgan fingerprint density at radius 3 is 1.85 bits per heavy atom. The minimum atomic E-state index is -5.67. The minimum Gasteiger partial charge on any atom is -0.446 e. The number of carbonyl (C=O) groups is 1. The van der Waals surface area contributed by atoms with Crippen LogP contribution in [0.2, 0.25) is 0 Å². The van der Waals surface area contributed by atoms with E-state index in [0.29, 0.717) is 12.8 Å². The zero-order valence-corrected chi connectivity index (χ0v) is 10.7. The molecular weight excluding hydrogens is 292 g/mol. The number of carbonyl (C=O) groups excluding carboxylic acids is 1. The van der Waals surface area contributed by atoms with Crippen LogP contribution in [-0.4, -0.2) is 30.1 Å². The molecule has 0 radical (unpaired) electrons. The molecule has 0 heterocycles. The number of rotatable bonds is 2. The van der Waals surface area contributed by atoms with E-state index < -0.39 is 30.1 Å². The van der Waals surface area contributed by atoms with Crippen molar-refractivity contribution in [3.63, 3.8) is 0 Å². The summed E-state index contributed by atoms with van der Waals surface area (Å²) >= 11 is 0. The first-order valence-corrected chi connectivity index (χ1v) is 6.09. The average Bonchev–Trinajstić information content (AvgIpc) is 2.26. The van der Waals surface area contributed by atoms with Gasteiger partial charge >= 0.3 is 18.4 Å². The summed E-state index contributed by atoms with van der Waals surface area (Å²) in [6, 6.07) is 0. The van der Waals surface area contributed by atoms with Gasteiger partial charge in [0.05, 0.1) is 0 Å². The van der Waals surface area contributed by atoms with Gasteiger partial charge in [-0.3, -0.25) is 5.32 Å². The Balaban J connectivity index is 2.73. The van der Waals surface area contributed by atoms with Crippen LogP contribution in [0, 0.1) is 0 Å². The van der Waals surface area contributed by atoms with E-state index in [4.69, 9.17) is 0 Å². The Hall–Kier alpha value is -1.15. The van der Waals surface area contributed by atoms with Crippen molar-refractivity contribution in [1.82, 2.24) is 5.32 Å². The molecule has 0 saturated heterocycles. The largest absolute Gasteiger partial charge is 0.446 e. The molecule has 0 bridgehead atoms. The van der Waals surface area contributed by atoms with Gasteiger partial charge in [-0.1, -0.05) is 6.42 Å². The van der Waals surface area contributed by atoms with Gasteiger partial charge in [0, 0.05) is 0 Å². The summed E-state index contributed by atoms with van der Waals surface area (Å²) in [5, 5.41) is 0.909. The molecule has 1 N–H and O–H groups in total. The molecule has 3 nitrogen and oxygen atoms in total. The van der Waals surface area contributed by atoms with Crippen molar-refractivity contribution in [2.75, 3.05) is 0 Å². The zero-order valence-electron chi connectivity index (χ0n) is 10.7. The number of hydrogen-bond acceptors (Lipinski definition) is 2. The number of ether oxygens (including phenoxy) is 1. The molecule has 0 atom stereocenters. The van der Waals surface area contributed by atoms with Gasteiger partial charge in [-0.15, -0.1) is 0 Å². The van der Waals surface area contributed by atoms with Gasteiger partial charge in [0.2, 0.25) is 5.54 Å². The molecule has 1 aliphatic carbocycles. The van der Waals surface area contributed by atoms with Crippen LogP contribution in [-0.2, 0) is 4.74 Å². The van der Waals surface area contributed by atoms with Crippen LogP contribution >= 0.6 is 0 Å². The summed E-state index contributed by atoms with van der Waals surface area (Å²) in [7, 11) is 0. The van der Waals surface area contributed by atoms with Crippen LogP contribution in [0.5, 0.6) is 0 Å². The average molecular weight is 307 g/mol. The van der Waals surface area contributed by atoms with Crippen LogP contribution in [0.15, 0.2) is 0 Å². The Morgan fingerprint density at radius 2 is 1.45 bits per heavy atom. The smallest absolute Gasteiger partial charge is 0.420 e. The van der Waals surface area contributed by atoms with E-state index in [2.05, 4.69) is 4.74 Å². The molecule has 0 unspecified atom stereocenters. The molecule has 9 heteroatoms. The first-order chi connectivity index (χ1) is 8.97. The maximum Gasteiger partial charge on any atom is 0.420 e. The maximum absolute atomic E-state index is 12.5. The number of alkyl carbamates (subject to hydrolysis) is 1. The summed E-state index contributed by atoms with van der Waals surface area (Å²) in [6.07, 6.45) is -10.4. The van der Waals surface area contributed by atoms with Gasteiger partial charge in [-0.05, 0) is 32.6 Å². The molecule has 0 aromatic carbocycles. The van der Waals surface area contributed by atoms with E-state index in [9.17, 15) is 31.1 Å². The van der Waals surface area contributed by atoms with Gasteiger partial charge in [-0.2, -0.15) is 26.3 Å². The van der Waals surface area contributed by atoms with Gasteiger partial charge in [0.25, 0.3) is 0 Å². The lowest BCUT2D eigenvalue weighted by Gasteiger charge is -2.34. The van der Waals surface area contributed by atoms with E-state index in [1.807, 2.05) is 0 Å². The Morgan fingerprint density at radius 1 is 1.00 bits per heavy atom. The molecule has 0 aromatic heterocycles. The Bertz CT molecular complexity index is 332. The number of halogens is 6. The lowest BCUT2D eigenvalue weighted by Crippen LogP contribution is -2.65. The highest BCUT2D eigenvalue weighted by Crippen LogP contribution is 2.42. The molecule has 0 spiro atoms. The van der Waals surface area contributed by atoms with E-state index in [1.54, 1.807) is 0 Å². The number of amides is 1. The molecule has 118 valence electrons. The van der Waals surface area contributed by atoms with Crippen LogP contribution < -0.4 is 5.32 Å². The fourth-order valence-electron chi connectivity index (χ4n) is 1.87. The lowest BCUT2D eigenvalue weighted by atomic mass is 9.98. The van der Waals surface area contributed by atoms with Gasteiger partial charge in [-0.25, -0.2) is 4.79 Å². The molecule has 0 aromatic rings. The molecule has 1 saturated carbocycles. The third-order valence-electron chi connectivity index (χ3n) is 3.31. The highest BCUT2D eigenvalue weighted by Gasteiger charge is 2.69. The van der Waals surface area contributed by atoms with Crippen molar-refractivity contribution in [3.05, 3.63) is 0 Å². The fraction of sp³-hybridized carbons (Fsp3) is 0.909. The number of alkyl halides is 6. The first-order valence-electron chi connectivity index (χ1n) is 6.09. The highest BCUT2D eigenvalue weighted by molar-refractivity contribution is 5.68. The summed E-state index contributed by atoms with van der Waals surface area (Å²) < 4.78 is 79.9. The molecule has 1 fully saturated rings. The summed E-state index contributed by atoms with van der Waals surface area (Å²) in [4.78, 5) is 11.3. The second-order valence-corrected chi connectivity index (χ2v) is 4.91. The molecular formula is C11H15F6NO2. The quantitative estimate of drug-likeness (QED) is 0.785. The van der Waals surface area contributed by atoms with Gasteiger partial charge in [0.1, 0.15) is 6.10 Å². The van der Waals surface area contributed by atoms with Crippen molar-refractivity contribution < 1.29 is 35.9 Å². The summed E-state index contributed by atoms with van der Waals surface area (Å²) in [5.41, 5.74) is -4.33. The van der Waals surface area contributed by atoms with Crippen LogP contribution in [0.3, 0.4) is 0 Å². The van der Waals surface area contributed by atoms with Gasteiger partial charge < -0.3 is 4.74 Å². The number of nitrogens with one attached hydrogen (secondary N) is 1. The monoisotopic (exact) mass is 307 g/mol. The van der Waals surface area contributed by atoms with Crippen molar-refractivity contribution in [1.29, 1.82) is 0 Å². The number of hydrogen-bond donors (Lipinski definition) is 1. The highest BCUT2D eigenvalue weighted by atomic mass is 19.4. The van der Waals surface area contributed by atoms with E-state index in [1.165, 1.54) is 0 Å². The molecule has 1 amide bonds. The fourth-order valence-corrected chi connectivity index (χ4v) is 1.87. The molecule has 1 rings (SSSR count). The third-order valence-corrected chi connectivity index (χ3v) is 3.31. The molecule has 0 aliphatic heterocycles. The van der Waals surface area contributed by atoms with E-state index >= 15 is 0 Å². The third kappa shape index (κ3) is 3.69. The standard InChI is InChI=1S/C11H15F6NO2/c1-9(10(12,13)14,11(15,16)17)18-8(19)20-7-5-3-2-4-6-7/h7H,2-6H2,1H3,(H,18,19). The van der Waals surface area contributed by atoms with Crippen molar-refractivity contribution >= 4 is 6.09 Å². The second kappa shape index (κ2) is 5.69. The predicted molar refractivity (Wildman–Crippen MR) is 57.0 cm³/mol. The van der Waals surface area contributed by atoms with Crippen molar-refractivity contribution in [2.24, 2.45) is 0 Å². The SMILES string of the molecule is CC(NC(=O)OC1CCCCC1)(C(F)(F)F)C(F)(F)F. The van der Waals surface area contributed by atoms with Crippen LogP contribution in [0.1, 0.15) is 39.0 Å². The Kier molecular flexibility index (Phi) is 4.81. The van der Waals surface area contributed by atoms with Crippen molar-refractivity contribution in [3.8, 4) is 0 Å². The second-order valence-electron chi connectivity index (χ2n) is 4.91. The lowest BCUT2D eigenvalue weighted by molar-refractivity contribution is -0.298. The molecule has 20 heavy (non-hydrogen) atoms. The topological polar surface area (TPSA) is 38.3 Å². The van der Waals surface area contributed by atoms with E-state index in [0.717, 1.165) is 24.6 Å². The van der Waals surface area contributed by atoms with E-state index in [-0.39, 0.29) is 6.92 Å². The summed E-state index contributed by atoms with van der Waals surface area (Å²) in [6.45, 7) is -0.130.